The summed E-state index contributed by atoms with van der Waals surface area (Å²) < 4.78 is 1.05. The fourth-order valence-electron chi connectivity index (χ4n) is 2.49. The molecular formula is C15H21BrN2O2. The number of aliphatic hydroxyl groups is 1. The van der Waals surface area contributed by atoms with Gasteiger partial charge in [-0.1, -0.05) is 22.0 Å². The predicted molar refractivity (Wildman–Crippen MR) is 82.5 cm³/mol. The first kappa shape index (κ1) is 15.3. The zero-order chi connectivity index (χ0) is 14.5. The van der Waals surface area contributed by atoms with E-state index >= 15 is 0 Å². The Hall–Kier alpha value is -1.07. The van der Waals surface area contributed by atoms with E-state index in [-0.39, 0.29) is 18.2 Å². The minimum atomic E-state index is -0.193. The number of hydrogen-bond donors (Lipinski definition) is 3. The van der Waals surface area contributed by atoms with Crippen LogP contribution in [-0.4, -0.2) is 23.3 Å². The molecule has 0 atom stereocenters. The molecule has 0 heterocycles. The molecule has 1 saturated carbocycles. The zero-order valence-electron chi connectivity index (χ0n) is 11.7. The number of urea groups is 1. The molecule has 1 fully saturated rings. The number of aryl methyl sites for hydroxylation is 1. The number of carbonyl (C=O) groups excluding carboxylic acids is 1. The third-order valence-corrected chi connectivity index (χ3v) is 4.27. The molecule has 1 aromatic carbocycles. The number of carbonyl (C=O) groups is 1. The van der Waals surface area contributed by atoms with Crippen LogP contribution in [0.4, 0.5) is 4.79 Å². The van der Waals surface area contributed by atoms with Gasteiger partial charge in [0.1, 0.15) is 0 Å². The van der Waals surface area contributed by atoms with Gasteiger partial charge in [-0.25, -0.2) is 4.79 Å². The van der Waals surface area contributed by atoms with E-state index in [2.05, 4.69) is 26.6 Å². The Labute approximate surface area is 128 Å². The van der Waals surface area contributed by atoms with Crippen LogP contribution in [0.25, 0.3) is 0 Å². The van der Waals surface area contributed by atoms with Crippen molar-refractivity contribution in [3.63, 3.8) is 0 Å². The molecule has 2 rings (SSSR count). The van der Waals surface area contributed by atoms with Crippen LogP contribution in [-0.2, 0) is 6.54 Å². The molecule has 20 heavy (non-hydrogen) atoms. The van der Waals surface area contributed by atoms with Crippen molar-refractivity contribution >= 4 is 22.0 Å². The lowest BCUT2D eigenvalue weighted by molar-refractivity contribution is 0.117. The van der Waals surface area contributed by atoms with E-state index in [0.29, 0.717) is 6.54 Å². The van der Waals surface area contributed by atoms with Crippen molar-refractivity contribution in [2.75, 3.05) is 0 Å². The summed E-state index contributed by atoms with van der Waals surface area (Å²) in [7, 11) is 0. The lowest BCUT2D eigenvalue weighted by Crippen LogP contribution is -2.43. The molecule has 2 amide bonds. The van der Waals surface area contributed by atoms with Gasteiger partial charge in [0.05, 0.1) is 6.10 Å². The molecule has 0 aliphatic heterocycles. The Morgan fingerprint density at radius 3 is 2.70 bits per heavy atom. The molecule has 0 radical (unpaired) electrons. The Bertz CT molecular complexity index is 471. The van der Waals surface area contributed by atoms with Crippen molar-refractivity contribution < 1.29 is 9.90 Å². The van der Waals surface area contributed by atoms with Gasteiger partial charge in [-0.05, 0) is 55.9 Å². The normalized spacial score (nSPS) is 22.4. The van der Waals surface area contributed by atoms with Crippen molar-refractivity contribution in [3.8, 4) is 0 Å². The van der Waals surface area contributed by atoms with Gasteiger partial charge in [-0.3, -0.25) is 0 Å². The van der Waals surface area contributed by atoms with Crippen molar-refractivity contribution in [3.05, 3.63) is 33.8 Å². The monoisotopic (exact) mass is 340 g/mol. The second-order valence-corrected chi connectivity index (χ2v) is 6.32. The smallest absolute Gasteiger partial charge is 0.315 e. The molecule has 4 nitrogen and oxygen atoms in total. The molecule has 0 unspecified atom stereocenters. The minimum absolute atomic E-state index is 0.131. The zero-order valence-corrected chi connectivity index (χ0v) is 13.2. The van der Waals surface area contributed by atoms with Crippen LogP contribution in [0, 0.1) is 6.92 Å². The minimum Gasteiger partial charge on any atom is -0.393 e. The van der Waals surface area contributed by atoms with Crippen LogP contribution in [0.3, 0.4) is 0 Å². The first-order chi connectivity index (χ1) is 9.54. The largest absolute Gasteiger partial charge is 0.393 e. The van der Waals surface area contributed by atoms with Crippen LogP contribution in [0.1, 0.15) is 36.8 Å². The predicted octanol–water partition coefficient (Wildman–Crippen LogP) is 2.86. The molecule has 5 heteroatoms. The molecular weight excluding hydrogens is 320 g/mol. The van der Waals surface area contributed by atoms with Gasteiger partial charge >= 0.3 is 6.03 Å². The quantitative estimate of drug-likeness (QED) is 0.792. The van der Waals surface area contributed by atoms with Gasteiger partial charge < -0.3 is 15.7 Å². The average Bonchev–Trinajstić information content (AvgIpc) is 2.40. The van der Waals surface area contributed by atoms with E-state index in [1.807, 2.05) is 25.1 Å². The molecule has 0 aromatic heterocycles. The summed E-state index contributed by atoms with van der Waals surface area (Å²) in [5.74, 6) is 0. The average molecular weight is 341 g/mol. The second-order valence-electron chi connectivity index (χ2n) is 5.40. The molecule has 110 valence electrons. The summed E-state index contributed by atoms with van der Waals surface area (Å²) in [5, 5.41) is 15.3. The van der Waals surface area contributed by atoms with Crippen LogP contribution >= 0.6 is 15.9 Å². The van der Waals surface area contributed by atoms with E-state index in [4.69, 9.17) is 0 Å². The molecule has 0 saturated heterocycles. The highest BCUT2D eigenvalue weighted by molar-refractivity contribution is 9.10. The summed E-state index contributed by atoms with van der Waals surface area (Å²) in [6.45, 7) is 2.56. The van der Waals surface area contributed by atoms with Gasteiger partial charge in [0.25, 0.3) is 0 Å². The van der Waals surface area contributed by atoms with E-state index < -0.39 is 0 Å². The lowest BCUT2D eigenvalue weighted by Gasteiger charge is -2.26. The summed E-state index contributed by atoms with van der Waals surface area (Å²) >= 11 is 3.43. The van der Waals surface area contributed by atoms with Gasteiger partial charge in [-0.15, -0.1) is 0 Å². The Morgan fingerprint density at radius 2 is 2.05 bits per heavy atom. The number of halogens is 1. The number of benzene rings is 1. The van der Waals surface area contributed by atoms with Gasteiger partial charge in [-0.2, -0.15) is 0 Å². The third kappa shape index (κ3) is 4.49. The summed E-state index contributed by atoms with van der Waals surface area (Å²) in [4.78, 5) is 11.9. The van der Waals surface area contributed by atoms with Crippen molar-refractivity contribution in [1.29, 1.82) is 0 Å². The Kier molecular flexibility index (Phi) is 5.43. The van der Waals surface area contributed by atoms with Crippen molar-refractivity contribution in [2.24, 2.45) is 0 Å². The maximum absolute atomic E-state index is 11.9. The standard InChI is InChI=1S/C15H21BrN2O2/c1-10-8-12(16)3-2-11(10)9-17-15(20)18-13-4-6-14(19)7-5-13/h2-3,8,13-14,19H,4-7,9H2,1H3,(H2,17,18,20). The summed E-state index contributed by atoms with van der Waals surface area (Å²) in [6, 6.07) is 6.08. The molecule has 0 bridgehead atoms. The highest BCUT2D eigenvalue weighted by Gasteiger charge is 2.20. The van der Waals surface area contributed by atoms with Crippen LogP contribution < -0.4 is 10.6 Å². The number of hydrogen-bond acceptors (Lipinski definition) is 2. The SMILES string of the molecule is Cc1cc(Br)ccc1CNC(=O)NC1CCC(O)CC1. The number of amides is 2. The molecule has 3 N–H and O–H groups in total. The highest BCUT2D eigenvalue weighted by Crippen LogP contribution is 2.18. The second kappa shape index (κ2) is 7.09. The molecule has 1 aliphatic carbocycles. The Balaban J connectivity index is 1.77. The fourth-order valence-corrected chi connectivity index (χ4v) is 2.97. The summed E-state index contributed by atoms with van der Waals surface area (Å²) in [6.07, 6.45) is 3.06. The maximum atomic E-state index is 11.9. The summed E-state index contributed by atoms with van der Waals surface area (Å²) in [5.41, 5.74) is 2.27. The molecule has 1 aliphatic rings. The lowest BCUT2D eigenvalue weighted by atomic mass is 9.93. The molecule has 1 aromatic rings. The van der Waals surface area contributed by atoms with Crippen LogP contribution in [0.2, 0.25) is 0 Å². The van der Waals surface area contributed by atoms with E-state index in [1.165, 1.54) is 0 Å². The topological polar surface area (TPSA) is 61.4 Å². The van der Waals surface area contributed by atoms with Crippen molar-refractivity contribution in [2.45, 2.75) is 51.3 Å². The van der Waals surface area contributed by atoms with Gasteiger partial charge in [0.2, 0.25) is 0 Å². The maximum Gasteiger partial charge on any atom is 0.315 e. The van der Waals surface area contributed by atoms with Crippen molar-refractivity contribution in [1.82, 2.24) is 10.6 Å². The van der Waals surface area contributed by atoms with Crippen LogP contribution in [0.15, 0.2) is 22.7 Å². The van der Waals surface area contributed by atoms with Crippen LogP contribution in [0.5, 0.6) is 0 Å². The van der Waals surface area contributed by atoms with E-state index in [0.717, 1.165) is 41.3 Å². The fraction of sp³-hybridized carbons (Fsp3) is 0.533. The highest BCUT2D eigenvalue weighted by atomic mass is 79.9. The van der Waals surface area contributed by atoms with Gasteiger partial charge in [0, 0.05) is 17.1 Å². The molecule has 0 spiro atoms. The third-order valence-electron chi connectivity index (χ3n) is 3.78. The first-order valence-electron chi connectivity index (χ1n) is 7.02. The number of rotatable bonds is 3. The Morgan fingerprint density at radius 1 is 1.35 bits per heavy atom. The first-order valence-corrected chi connectivity index (χ1v) is 7.81. The van der Waals surface area contributed by atoms with E-state index in [9.17, 15) is 9.90 Å². The number of aliphatic hydroxyl groups excluding tert-OH is 1. The number of nitrogens with one attached hydrogen (secondary N) is 2. The van der Waals surface area contributed by atoms with E-state index in [1.54, 1.807) is 0 Å². The van der Waals surface area contributed by atoms with Gasteiger partial charge in [0.15, 0.2) is 0 Å².